The number of esters is 1. The molecule has 0 aliphatic carbocycles. The van der Waals surface area contributed by atoms with Gasteiger partial charge in [0.05, 0.1) is 11.5 Å². The van der Waals surface area contributed by atoms with E-state index in [0.717, 1.165) is 22.9 Å². The van der Waals surface area contributed by atoms with Crippen molar-refractivity contribution in [2.24, 2.45) is 0 Å². The number of fused-ring (bicyclic) bond motifs is 1. The van der Waals surface area contributed by atoms with Gasteiger partial charge in [-0.15, -0.1) is 23.7 Å². The van der Waals surface area contributed by atoms with Gasteiger partial charge in [0.2, 0.25) is 10.0 Å². The Kier molecular flexibility index (Phi) is 7.04. The summed E-state index contributed by atoms with van der Waals surface area (Å²) >= 11 is 1.31. The van der Waals surface area contributed by atoms with Crippen molar-refractivity contribution in [1.29, 1.82) is 0 Å². The first-order valence-corrected chi connectivity index (χ1v) is 10.6. The van der Waals surface area contributed by atoms with E-state index in [1.807, 2.05) is 7.05 Å². The van der Waals surface area contributed by atoms with Crippen molar-refractivity contribution in [3.05, 3.63) is 29.1 Å². The van der Waals surface area contributed by atoms with E-state index >= 15 is 0 Å². The van der Waals surface area contributed by atoms with Gasteiger partial charge in [-0.1, -0.05) is 0 Å². The number of ether oxygens (including phenoxy) is 1. The van der Waals surface area contributed by atoms with Crippen LogP contribution in [0.25, 0.3) is 10.1 Å². The molecule has 9 heteroatoms. The zero-order valence-corrected chi connectivity index (χ0v) is 17.2. The predicted molar refractivity (Wildman–Crippen MR) is 106 cm³/mol. The Morgan fingerprint density at radius 1 is 1.38 bits per heavy atom. The summed E-state index contributed by atoms with van der Waals surface area (Å²) in [5.74, 6) is -0.374. The summed E-state index contributed by atoms with van der Waals surface area (Å²) in [5.41, 5.74) is 0. The van der Waals surface area contributed by atoms with E-state index in [1.165, 1.54) is 15.6 Å². The van der Waals surface area contributed by atoms with Crippen LogP contribution in [0.3, 0.4) is 0 Å². The molecule has 1 aliphatic heterocycles. The SMILES string of the molecule is CCOC(=O)c1cc2cc(S(=O)(=O)N3CCCC(NC)C3)ccc2s1.Cl. The zero-order chi connectivity index (χ0) is 18.0. The third-order valence-corrected chi connectivity index (χ3v) is 7.35. The van der Waals surface area contributed by atoms with E-state index in [9.17, 15) is 13.2 Å². The maximum absolute atomic E-state index is 12.9. The van der Waals surface area contributed by atoms with Gasteiger partial charge in [0.1, 0.15) is 4.88 Å². The molecule has 1 aromatic heterocycles. The third-order valence-electron chi connectivity index (χ3n) is 4.39. The Morgan fingerprint density at radius 2 is 2.15 bits per heavy atom. The first-order chi connectivity index (χ1) is 12.0. The summed E-state index contributed by atoms with van der Waals surface area (Å²) in [6.45, 7) is 3.09. The minimum absolute atomic E-state index is 0. The average Bonchev–Trinajstić information content (AvgIpc) is 3.05. The molecule has 0 spiro atoms. The molecule has 6 nitrogen and oxygen atoms in total. The summed E-state index contributed by atoms with van der Waals surface area (Å²) in [5, 5.41) is 3.91. The minimum atomic E-state index is -3.54. The number of carbonyl (C=O) groups is 1. The van der Waals surface area contributed by atoms with Crippen LogP contribution in [0.1, 0.15) is 29.4 Å². The Bertz CT molecular complexity index is 882. The number of sulfonamides is 1. The number of nitrogens with one attached hydrogen (secondary N) is 1. The molecule has 0 amide bonds. The molecule has 3 rings (SSSR count). The number of hydrogen-bond donors (Lipinski definition) is 1. The van der Waals surface area contributed by atoms with Crippen molar-refractivity contribution in [2.75, 3.05) is 26.7 Å². The van der Waals surface area contributed by atoms with E-state index in [4.69, 9.17) is 4.74 Å². The van der Waals surface area contributed by atoms with Crippen molar-refractivity contribution >= 4 is 49.8 Å². The number of benzene rings is 1. The molecule has 1 N–H and O–H groups in total. The molecule has 144 valence electrons. The van der Waals surface area contributed by atoms with Crippen molar-refractivity contribution < 1.29 is 17.9 Å². The lowest BCUT2D eigenvalue weighted by molar-refractivity contribution is 0.0532. The number of likely N-dealkylation sites (N-methyl/N-ethyl adjacent to an activating group) is 1. The lowest BCUT2D eigenvalue weighted by Gasteiger charge is -2.31. The summed E-state index contributed by atoms with van der Waals surface area (Å²) in [6.07, 6.45) is 1.83. The van der Waals surface area contributed by atoms with E-state index < -0.39 is 10.0 Å². The number of halogens is 1. The maximum atomic E-state index is 12.9. The Hall–Kier alpha value is -1.19. The van der Waals surface area contributed by atoms with E-state index in [0.29, 0.717) is 24.6 Å². The highest BCUT2D eigenvalue weighted by Crippen LogP contribution is 2.30. The molecule has 1 fully saturated rings. The van der Waals surface area contributed by atoms with Crippen molar-refractivity contribution in [3.8, 4) is 0 Å². The van der Waals surface area contributed by atoms with Crippen LogP contribution in [-0.4, -0.2) is 51.5 Å². The zero-order valence-electron chi connectivity index (χ0n) is 14.7. The Labute approximate surface area is 164 Å². The molecule has 1 saturated heterocycles. The van der Waals surface area contributed by atoms with Crippen LogP contribution in [-0.2, 0) is 14.8 Å². The van der Waals surface area contributed by atoms with Crippen molar-refractivity contribution in [2.45, 2.75) is 30.7 Å². The monoisotopic (exact) mass is 418 g/mol. The van der Waals surface area contributed by atoms with E-state index in [-0.39, 0.29) is 29.3 Å². The highest BCUT2D eigenvalue weighted by Gasteiger charge is 2.30. The second-order valence-electron chi connectivity index (χ2n) is 6.02. The van der Waals surface area contributed by atoms with E-state index in [2.05, 4.69) is 5.32 Å². The normalized spacial score (nSPS) is 18.5. The van der Waals surface area contributed by atoms with Gasteiger partial charge in [-0.05, 0) is 56.5 Å². The Balaban J connectivity index is 0.00000243. The minimum Gasteiger partial charge on any atom is -0.462 e. The lowest BCUT2D eigenvalue weighted by atomic mass is 10.1. The number of nitrogens with zero attached hydrogens (tertiary/aromatic N) is 1. The van der Waals surface area contributed by atoms with Crippen LogP contribution in [0.4, 0.5) is 0 Å². The maximum Gasteiger partial charge on any atom is 0.348 e. The van der Waals surface area contributed by atoms with E-state index in [1.54, 1.807) is 31.2 Å². The number of rotatable bonds is 5. The molecule has 26 heavy (non-hydrogen) atoms. The molecule has 0 radical (unpaired) electrons. The smallest absolute Gasteiger partial charge is 0.348 e. The molecule has 0 saturated carbocycles. The predicted octanol–water partition coefficient (Wildman–Crippen LogP) is 2.87. The highest BCUT2D eigenvalue weighted by atomic mass is 35.5. The number of piperidine rings is 1. The van der Waals surface area contributed by atoms with Crippen LogP contribution in [0.2, 0.25) is 0 Å². The quantitative estimate of drug-likeness (QED) is 0.755. The van der Waals surface area contributed by atoms with Gasteiger partial charge < -0.3 is 10.1 Å². The van der Waals surface area contributed by atoms with Gasteiger partial charge in [0.15, 0.2) is 0 Å². The average molecular weight is 419 g/mol. The van der Waals surface area contributed by atoms with Crippen LogP contribution >= 0.6 is 23.7 Å². The fourth-order valence-electron chi connectivity index (χ4n) is 3.03. The van der Waals surface area contributed by atoms with Crippen molar-refractivity contribution in [3.63, 3.8) is 0 Å². The summed E-state index contributed by atoms with van der Waals surface area (Å²) in [6, 6.07) is 6.90. The molecular formula is C17H23ClN2O4S2. The molecule has 1 atom stereocenters. The number of thiophene rings is 1. The summed E-state index contributed by atoms with van der Waals surface area (Å²) in [7, 11) is -1.68. The van der Waals surface area contributed by atoms with Crippen LogP contribution in [0.5, 0.6) is 0 Å². The second kappa shape index (κ2) is 8.67. The standard InChI is InChI=1S/C17H22N2O4S2.ClH/c1-3-23-17(20)16-10-12-9-14(6-7-15(12)24-16)25(21,22)19-8-4-5-13(11-19)18-2;/h6-7,9-10,13,18H,3-5,8,11H2,1-2H3;1H. The lowest BCUT2D eigenvalue weighted by Crippen LogP contribution is -2.46. The molecule has 2 aromatic rings. The molecule has 0 bridgehead atoms. The molecule has 1 aromatic carbocycles. The fraction of sp³-hybridized carbons (Fsp3) is 0.471. The van der Waals surface area contributed by atoms with Gasteiger partial charge in [-0.3, -0.25) is 0 Å². The largest absolute Gasteiger partial charge is 0.462 e. The molecular weight excluding hydrogens is 396 g/mol. The Morgan fingerprint density at radius 3 is 2.85 bits per heavy atom. The van der Waals surface area contributed by atoms with Gasteiger partial charge in [-0.25, -0.2) is 13.2 Å². The summed E-state index contributed by atoms with van der Waals surface area (Å²) < 4.78 is 33.3. The first-order valence-electron chi connectivity index (χ1n) is 8.34. The molecule has 1 unspecified atom stereocenters. The van der Waals surface area contributed by atoms with Crippen molar-refractivity contribution in [1.82, 2.24) is 9.62 Å². The van der Waals surface area contributed by atoms with Gasteiger partial charge in [0.25, 0.3) is 0 Å². The van der Waals surface area contributed by atoms with Gasteiger partial charge in [0, 0.05) is 23.8 Å². The number of hydrogen-bond acceptors (Lipinski definition) is 6. The topological polar surface area (TPSA) is 75.7 Å². The van der Waals surface area contributed by atoms with Crippen LogP contribution in [0.15, 0.2) is 29.2 Å². The third kappa shape index (κ3) is 4.20. The fourth-order valence-corrected chi connectivity index (χ4v) is 5.53. The van der Waals surface area contributed by atoms with Gasteiger partial charge >= 0.3 is 5.97 Å². The van der Waals surface area contributed by atoms with Crippen LogP contribution in [0, 0.1) is 0 Å². The first kappa shape index (κ1) is 21.1. The van der Waals surface area contributed by atoms with Gasteiger partial charge in [-0.2, -0.15) is 4.31 Å². The molecule has 1 aliphatic rings. The molecule has 2 heterocycles. The van der Waals surface area contributed by atoms with Crippen LogP contribution < -0.4 is 5.32 Å². The second-order valence-corrected chi connectivity index (χ2v) is 9.04. The summed E-state index contributed by atoms with van der Waals surface area (Å²) in [4.78, 5) is 12.6. The number of carbonyl (C=O) groups excluding carboxylic acids is 1. The highest BCUT2D eigenvalue weighted by molar-refractivity contribution is 7.89.